The van der Waals surface area contributed by atoms with Crippen molar-refractivity contribution in [1.82, 2.24) is 0 Å². The maximum absolute atomic E-state index is 6.29. The van der Waals surface area contributed by atoms with Gasteiger partial charge in [0.2, 0.25) is 6.79 Å². The highest BCUT2D eigenvalue weighted by Crippen LogP contribution is 2.33. The molecular weight excluding hydrogens is 262 g/mol. The van der Waals surface area contributed by atoms with Gasteiger partial charge >= 0.3 is 0 Å². The molecule has 0 amide bonds. The summed E-state index contributed by atoms with van der Waals surface area (Å²) in [7, 11) is 0. The van der Waals surface area contributed by atoms with Gasteiger partial charge in [0.1, 0.15) is 0 Å². The lowest BCUT2D eigenvalue weighted by Crippen LogP contribution is -2.11. The highest BCUT2D eigenvalue weighted by atomic mass is 16.7. The second kappa shape index (κ2) is 6.19. The summed E-state index contributed by atoms with van der Waals surface area (Å²) in [6.07, 6.45) is 2.92. The quantitative estimate of drug-likeness (QED) is 0.911. The first-order chi connectivity index (χ1) is 10.3. The Labute approximate surface area is 125 Å². The van der Waals surface area contributed by atoms with Crippen molar-refractivity contribution in [2.75, 3.05) is 6.79 Å². The van der Waals surface area contributed by atoms with Crippen molar-refractivity contribution in [2.24, 2.45) is 5.73 Å². The predicted molar refractivity (Wildman–Crippen MR) is 83.6 cm³/mol. The van der Waals surface area contributed by atoms with Crippen LogP contribution in [0.1, 0.15) is 36.1 Å². The van der Waals surface area contributed by atoms with E-state index in [4.69, 9.17) is 15.2 Å². The van der Waals surface area contributed by atoms with Gasteiger partial charge in [0.15, 0.2) is 11.5 Å². The van der Waals surface area contributed by atoms with Crippen molar-refractivity contribution in [3.63, 3.8) is 0 Å². The Morgan fingerprint density at radius 3 is 2.48 bits per heavy atom. The first-order valence-electron chi connectivity index (χ1n) is 7.49. The van der Waals surface area contributed by atoms with Crippen LogP contribution in [0.3, 0.4) is 0 Å². The highest BCUT2D eigenvalue weighted by molar-refractivity contribution is 5.44. The first-order valence-corrected chi connectivity index (χ1v) is 7.49. The molecule has 3 nitrogen and oxygen atoms in total. The van der Waals surface area contributed by atoms with E-state index in [0.717, 1.165) is 30.8 Å². The minimum absolute atomic E-state index is 0.0707. The average Bonchev–Trinajstić information content (AvgIpc) is 3.00. The summed E-state index contributed by atoms with van der Waals surface area (Å²) >= 11 is 0. The zero-order chi connectivity index (χ0) is 14.7. The van der Waals surface area contributed by atoms with Crippen LogP contribution in [0.5, 0.6) is 11.5 Å². The van der Waals surface area contributed by atoms with E-state index >= 15 is 0 Å². The third-order valence-electron chi connectivity index (χ3n) is 4.00. The van der Waals surface area contributed by atoms with Crippen LogP contribution in [-0.2, 0) is 12.8 Å². The van der Waals surface area contributed by atoms with Crippen LogP contribution in [-0.4, -0.2) is 6.79 Å². The molecule has 0 bridgehead atoms. The Kier molecular flexibility index (Phi) is 4.11. The number of fused-ring (bicyclic) bond motifs is 1. The van der Waals surface area contributed by atoms with Crippen LogP contribution in [0, 0.1) is 0 Å². The number of nitrogens with two attached hydrogens (primary N) is 1. The Bertz CT molecular complexity index is 607. The molecule has 1 aliphatic heterocycles. The third kappa shape index (κ3) is 3.19. The number of ether oxygens (including phenoxy) is 2. The molecule has 1 aliphatic rings. The van der Waals surface area contributed by atoms with E-state index in [1.54, 1.807) is 0 Å². The summed E-state index contributed by atoms with van der Waals surface area (Å²) in [6, 6.07) is 14.8. The van der Waals surface area contributed by atoms with Gasteiger partial charge in [0.25, 0.3) is 0 Å². The van der Waals surface area contributed by atoms with Crippen LogP contribution in [0.2, 0.25) is 0 Å². The number of benzene rings is 2. The summed E-state index contributed by atoms with van der Waals surface area (Å²) in [6.45, 7) is 2.48. The van der Waals surface area contributed by atoms with Gasteiger partial charge < -0.3 is 15.2 Å². The maximum Gasteiger partial charge on any atom is 0.231 e. The van der Waals surface area contributed by atoms with Crippen LogP contribution in [0.25, 0.3) is 0 Å². The highest BCUT2D eigenvalue weighted by Gasteiger charge is 2.14. The lowest BCUT2D eigenvalue weighted by molar-refractivity contribution is 0.174. The summed E-state index contributed by atoms with van der Waals surface area (Å²) in [5, 5.41) is 0. The van der Waals surface area contributed by atoms with Crippen molar-refractivity contribution >= 4 is 0 Å². The number of hydrogen-bond donors (Lipinski definition) is 1. The monoisotopic (exact) mass is 283 g/mol. The van der Waals surface area contributed by atoms with E-state index in [2.05, 4.69) is 43.3 Å². The van der Waals surface area contributed by atoms with Crippen LogP contribution >= 0.6 is 0 Å². The minimum atomic E-state index is 0.0707. The van der Waals surface area contributed by atoms with Gasteiger partial charge in [0, 0.05) is 6.04 Å². The van der Waals surface area contributed by atoms with Gasteiger partial charge in [-0.1, -0.05) is 37.3 Å². The van der Waals surface area contributed by atoms with Gasteiger partial charge in [-0.25, -0.2) is 0 Å². The summed E-state index contributed by atoms with van der Waals surface area (Å²) < 4.78 is 10.7. The van der Waals surface area contributed by atoms with Crippen LogP contribution in [0.15, 0.2) is 42.5 Å². The number of rotatable bonds is 5. The van der Waals surface area contributed by atoms with Crippen molar-refractivity contribution in [3.05, 3.63) is 59.2 Å². The second-order valence-corrected chi connectivity index (χ2v) is 5.43. The molecule has 3 rings (SSSR count). The lowest BCUT2D eigenvalue weighted by Gasteiger charge is -2.13. The molecule has 1 heterocycles. The molecular formula is C18H21NO2. The van der Waals surface area contributed by atoms with E-state index in [9.17, 15) is 0 Å². The summed E-state index contributed by atoms with van der Waals surface area (Å²) in [5.74, 6) is 1.67. The van der Waals surface area contributed by atoms with Crippen molar-refractivity contribution < 1.29 is 9.47 Å². The van der Waals surface area contributed by atoms with E-state index in [0.29, 0.717) is 6.79 Å². The van der Waals surface area contributed by atoms with Gasteiger partial charge in [-0.3, -0.25) is 0 Å². The standard InChI is InChI=1S/C18H21NO2/c1-2-13-3-7-15(8-4-13)16(19)9-5-14-6-10-17-18(11-14)21-12-20-17/h3-4,6-8,10-11,16H,2,5,9,12,19H2,1H3. The molecule has 0 spiro atoms. The molecule has 2 aromatic carbocycles. The van der Waals surface area contributed by atoms with Crippen molar-refractivity contribution in [1.29, 1.82) is 0 Å². The molecule has 2 N–H and O–H groups in total. The Hall–Kier alpha value is -2.00. The van der Waals surface area contributed by atoms with Crippen molar-refractivity contribution in [3.8, 4) is 11.5 Å². The summed E-state index contributed by atoms with van der Waals surface area (Å²) in [4.78, 5) is 0. The molecule has 0 radical (unpaired) electrons. The Morgan fingerprint density at radius 2 is 1.71 bits per heavy atom. The fraction of sp³-hybridized carbons (Fsp3) is 0.333. The predicted octanol–water partition coefficient (Wildman–Crippen LogP) is 3.61. The van der Waals surface area contributed by atoms with Gasteiger partial charge in [-0.05, 0) is 48.1 Å². The lowest BCUT2D eigenvalue weighted by atomic mass is 9.98. The SMILES string of the molecule is CCc1ccc(C(N)CCc2ccc3c(c2)OCO3)cc1. The fourth-order valence-corrected chi connectivity index (χ4v) is 2.59. The third-order valence-corrected chi connectivity index (χ3v) is 4.00. The average molecular weight is 283 g/mol. The molecule has 2 aromatic rings. The first kappa shape index (κ1) is 14.0. The molecule has 3 heteroatoms. The molecule has 1 unspecified atom stereocenters. The van der Waals surface area contributed by atoms with E-state index in [-0.39, 0.29) is 6.04 Å². The molecule has 0 fully saturated rings. The smallest absolute Gasteiger partial charge is 0.231 e. The maximum atomic E-state index is 6.29. The second-order valence-electron chi connectivity index (χ2n) is 5.43. The minimum Gasteiger partial charge on any atom is -0.454 e. The normalized spacial score (nSPS) is 14.2. The number of aryl methyl sites for hydroxylation is 2. The zero-order valence-electron chi connectivity index (χ0n) is 12.3. The molecule has 0 aromatic heterocycles. The van der Waals surface area contributed by atoms with Crippen molar-refractivity contribution in [2.45, 2.75) is 32.2 Å². The van der Waals surface area contributed by atoms with Crippen LogP contribution < -0.4 is 15.2 Å². The van der Waals surface area contributed by atoms with E-state index < -0.39 is 0 Å². The molecule has 1 atom stereocenters. The topological polar surface area (TPSA) is 44.5 Å². The van der Waals surface area contributed by atoms with Gasteiger partial charge in [-0.2, -0.15) is 0 Å². The zero-order valence-corrected chi connectivity index (χ0v) is 12.3. The molecule has 0 aliphatic carbocycles. The van der Waals surface area contributed by atoms with E-state index in [1.165, 1.54) is 16.7 Å². The van der Waals surface area contributed by atoms with Crippen LogP contribution in [0.4, 0.5) is 0 Å². The molecule has 0 saturated carbocycles. The largest absolute Gasteiger partial charge is 0.454 e. The Morgan fingerprint density at radius 1 is 1.00 bits per heavy atom. The molecule has 110 valence electrons. The fourth-order valence-electron chi connectivity index (χ4n) is 2.59. The molecule has 21 heavy (non-hydrogen) atoms. The summed E-state index contributed by atoms with van der Waals surface area (Å²) in [5.41, 5.74) is 10.1. The van der Waals surface area contributed by atoms with E-state index in [1.807, 2.05) is 6.07 Å². The number of hydrogen-bond acceptors (Lipinski definition) is 3. The van der Waals surface area contributed by atoms with Gasteiger partial charge in [0.05, 0.1) is 0 Å². The molecule has 0 saturated heterocycles. The van der Waals surface area contributed by atoms with Gasteiger partial charge in [-0.15, -0.1) is 0 Å². The Balaban J connectivity index is 1.61.